The van der Waals surface area contributed by atoms with Crippen molar-refractivity contribution in [1.82, 2.24) is 0 Å². The Morgan fingerprint density at radius 2 is 2.21 bits per heavy atom. The number of fused-ring (bicyclic) bond motifs is 2. The summed E-state index contributed by atoms with van der Waals surface area (Å²) < 4.78 is 11.6. The van der Waals surface area contributed by atoms with E-state index < -0.39 is 12.1 Å². The molecule has 0 spiro atoms. The summed E-state index contributed by atoms with van der Waals surface area (Å²) in [6.07, 6.45) is 6.50. The summed E-state index contributed by atoms with van der Waals surface area (Å²) in [5, 5.41) is 9.89. The van der Waals surface area contributed by atoms with Gasteiger partial charge in [-0.1, -0.05) is 25.5 Å². The van der Waals surface area contributed by atoms with Crippen LogP contribution >= 0.6 is 0 Å². The molecular formula is C16H24O3. The molecule has 4 aliphatic rings. The summed E-state index contributed by atoms with van der Waals surface area (Å²) in [7, 11) is 1.69. The molecule has 0 aromatic rings. The highest BCUT2D eigenvalue weighted by Crippen LogP contribution is 2.55. The molecule has 0 saturated heterocycles. The number of hydrogen-bond acceptors (Lipinski definition) is 3. The fourth-order valence-corrected chi connectivity index (χ4v) is 4.21. The smallest absolute Gasteiger partial charge is 0.200 e. The molecule has 0 radical (unpaired) electrons. The van der Waals surface area contributed by atoms with E-state index in [1.165, 1.54) is 5.57 Å². The van der Waals surface area contributed by atoms with Gasteiger partial charge in [0, 0.05) is 13.0 Å². The largest absolute Gasteiger partial charge is 0.365 e. The van der Waals surface area contributed by atoms with Crippen molar-refractivity contribution in [2.45, 2.75) is 52.1 Å². The van der Waals surface area contributed by atoms with E-state index in [-0.39, 0.29) is 11.3 Å². The molecule has 2 bridgehead atoms. The van der Waals surface area contributed by atoms with Crippen molar-refractivity contribution in [3.63, 3.8) is 0 Å². The first-order valence-corrected chi connectivity index (χ1v) is 7.23. The minimum Gasteiger partial charge on any atom is -0.365 e. The molecular weight excluding hydrogens is 240 g/mol. The highest BCUT2D eigenvalue weighted by atomic mass is 16.7. The van der Waals surface area contributed by atoms with Gasteiger partial charge in [-0.05, 0) is 49.2 Å². The van der Waals surface area contributed by atoms with Crippen LogP contribution in [0, 0.1) is 17.3 Å². The third-order valence-corrected chi connectivity index (χ3v) is 5.60. The van der Waals surface area contributed by atoms with Crippen LogP contribution in [-0.2, 0) is 9.47 Å². The Morgan fingerprint density at radius 3 is 2.89 bits per heavy atom. The molecule has 19 heavy (non-hydrogen) atoms. The van der Waals surface area contributed by atoms with E-state index >= 15 is 0 Å². The van der Waals surface area contributed by atoms with Gasteiger partial charge in [0.15, 0.2) is 12.1 Å². The Balaban J connectivity index is 2.12. The summed E-state index contributed by atoms with van der Waals surface area (Å²) in [6, 6.07) is 0. The summed E-state index contributed by atoms with van der Waals surface area (Å²) in [6.45, 7) is 6.84. The number of allylic oxidation sites excluding steroid dienone is 1. The molecule has 5 atom stereocenters. The third-order valence-electron chi connectivity index (χ3n) is 5.60. The Kier molecular flexibility index (Phi) is 2.93. The lowest BCUT2D eigenvalue weighted by molar-refractivity contribution is -0.265. The van der Waals surface area contributed by atoms with E-state index in [4.69, 9.17) is 9.47 Å². The van der Waals surface area contributed by atoms with Crippen molar-refractivity contribution >= 4 is 0 Å². The van der Waals surface area contributed by atoms with E-state index in [1.54, 1.807) is 7.11 Å². The first-order chi connectivity index (χ1) is 8.91. The molecule has 0 aromatic carbocycles. The molecule has 106 valence electrons. The van der Waals surface area contributed by atoms with E-state index in [2.05, 4.69) is 26.8 Å². The summed E-state index contributed by atoms with van der Waals surface area (Å²) >= 11 is 0. The van der Waals surface area contributed by atoms with Crippen LogP contribution in [0.3, 0.4) is 0 Å². The number of rotatable bonds is 1. The van der Waals surface area contributed by atoms with Gasteiger partial charge < -0.3 is 14.6 Å². The Labute approximate surface area is 115 Å². The monoisotopic (exact) mass is 264 g/mol. The number of ether oxygens (including phenoxy) is 2. The van der Waals surface area contributed by atoms with Gasteiger partial charge in [0.1, 0.15) is 0 Å². The number of aliphatic hydroxyl groups is 1. The molecule has 1 N–H and O–H groups in total. The van der Waals surface area contributed by atoms with E-state index in [0.29, 0.717) is 5.92 Å². The van der Waals surface area contributed by atoms with Gasteiger partial charge in [-0.3, -0.25) is 0 Å². The normalized spacial score (nSPS) is 49.2. The summed E-state index contributed by atoms with van der Waals surface area (Å²) in [5.74, 6) is 0.0797. The van der Waals surface area contributed by atoms with Gasteiger partial charge in [0.05, 0.1) is 0 Å². The van der Waals surface area contributed by atoms with E-state index in [9.17, 15) is 5.11 Å². The van der Waals surface area contributed by atoms with Crippen molar-refractivity contribution in [2.75, 3.05) is 7.11 Å². The van der Waals surface area contributed by atoms with Crippen LogP contribution in [0.25, 0.3) is 0 Å². The summed E-state index contributed by atoms with van der Waals surface area (Å²) in [5.41, 5.74) is 2.72. The standard InChI is InChI=1S/C16H24O3/c1-10-9-15(3)6-5-12-8-14(17)19-16(12,18-4)13(10)7-11(15)2/h8-9,11,13-14,17H,5-7H2,1-4H3/t11-,13+,14?,15+,16-/m1/s1. The van der Waals surface area contributed by atoms with Crippen LogP contribution in [0.4, 0.5) is 0 Å². The fourth-order valence-electron chi connectivity index (χ4n) is 4.21. The summed E-state index contributed by atoms with van der Waals surface area (Å²) in [4.78, 5) is 0. The molecule has 3 nitrogen and oxygen atoms in total. The molecule has 3 aliphatic carbocycles. The van der Waals surface area contributed by atoms with E-state index in [0.717, 1.165) is 24.8 Å². The maximum absolute atomic E-state index is 9.89. The predicted octanol–water partition coefficient (Wildman–Crippen LogP) is 3.01. The second-order valence-electron chi connectivity index (χ2n) is 6.66. The Morgan fingerprint density at radius 1 is 1.47 bits per heavy atom. The number of methoxy groups -OCH3 is 1. The van der Waals surface area contributed by atoms with Gasteiger partial charge in [-0.25, -0.2) is 0 Å². The van der Waals surface area contributed by atoms with Crippen molar-refractivity contribution in [3.05, 3.63) is 23.3 Å². The van der Waals surface area contributed by atoms with Crippen LogP contribution in [0.2, 0.25) is 0 Å². The van der Waals surface area contributed by atoms with Gasteiger partial charge in [0.2, 0.25) is 0 Å². The van der Waals surface area contributed by atoms with Crippen LogP contribution in [0.5, 0.6) is 0 Å². The molecule has 0 amide bonds. The average Bonchev–Trinajstić information content (AvgIpc) is 2.67. The van der Waals surface area contributed by atoms with Crippen LogP contribution < -0.4 is 0 Å². The molecule has 1 aliphatic heterocycles. The lowest BCUT2D eigenvalue weighted by atomic mass is 9.60. The lowest BCUT2D eigenvalue weighted by Gasteiger charge is -2.50. The molecule has 0 aromatic heterocycles. The average molecular weight is 264 g/mol. The van der Waals surface area contributed by atoms with E-state index in [1.807, 2.05) is 6.08 Å². The first kappa shape index (κ1) is 13.3. The first-order valence-electron chi connectivity index (χ1n) is 7.23. The van der Waals surface area contributed by atoms with Crippen molar-refractivity contribution in [1.29, 1.82) is 0 Å². The van der Waals surface area contributed by atoms with Crippen LogP contribution in [0.15, 0.2) is 23.3 Å². The SMILES string of the molecule is CO[C@@]12OC(O)C=C1CC[C@@]1(C)C=C(C)[C@@H]2C[C@H]1C. The highest BCUT2D eigenvalue weighted by molar-refractivity contribution is 5.32. The van der Waals surface area contributed by atoms with Crippen molar-refractivity contribution in [3.8, 4) is 0 Å². The molecule has 1 saturated carbocycles. The molecule has 1 fully saturated rings. The van der Waals surface area contributed by atoms with Crippen LogP contribution in [0.1, 0.15) is 40.0 Å². The zero-order valence-corrected chi connectivity index (χ0v) is 12.3. The zero-order valence-electron chi connectivity index (χ0n) is 12.3. The van der Waals surface area contributed by atoms with Gasteiger partial charge in [-0.2, -0.15) is 0 Å². The minimum atomic E-state index is -0.831. The Bertz CT molecular complexity index is 453. The molecule has 1 heterocycles. The molecule has 3 heteroatoms. The quantitative estimate of drug-likeness (QED) is 0.740. The molecule has 4 rings (SSSR count). The molecule has 1 unspecified atom stereocenters. The second-order valence-corrected chi connectivity index (χ2v) is 6.66. The number of hydrogen-bond donors (Lipinski definition) is 1. The van der Waals surface area contributed by atoms with Gasteiger partial charge in [-0.15, -0.1) is 0 Å². The Hall–Kier alpha value is -0.640. The zero-order chi connectivity index (χ0) is 13.8. The van der Waals surface area contributed by atoms with Crippen LogP contribution in [-0.4, -0.2) is 24.3 Å². The maximum atomic E-state index is 9.89. The van der Waals surface area contributed by atoms with Crippen molar-refractivity contribution in [2.24, 2.45) is 17.3 Å². The highest BCUT2D eigenvalue weighted by Gasteiger charge is 2.54. The predicted molar refractivity (Wildman–Crippen MR) is 73.3 cm³/mol. The number of aliphatic hydroxyl groups excluding tert-OH is 1. The third kappa shape index (κ3) is 1.75. The fraction of sp³-hybridized carbons (Fsp3) is 0.750. The van der Waals surface area contributed by atoms with Crippen molar-refractivity contribution < 1.29 is 14.6 Å². The lowest BCUT2D eigenvalue weighted by Crippen LogP contribution is -2.49. The minimum absolute atomic E-state index is 0.212. The maximum Gasteiger partial charge on any atom is 0.200 e. The second kappa shape index (κ2) is 4.18. The topological polar surface area (TPSA) is 38.7 Å². The van der Waals surface area contributed by atoms with Gasteiger partial charge in [0.25, 0.3) is 0 Å². The van der Waals surface area contributed by atoms with Gasteiger partial charge >= 0.3 is 0 Å².